The molecule has 1 rings (SSSR count). The first-order valence-electron chi connectivity index (χ1n) is 13.4. The van der Waals surface area contributed by atoms with Crippen molar-refractivity contribution in [1.29, 1.82) is 0 Å². The first kappa shape index (κ1) is 34.4. The zero-order chi connectivity index (χ0) is 28.6. The predicted octanol–water partition coefficient (Wildman–Crippen LogP) is 4.44. The van der Waals surface area contributed by atoms with Crippen LogP contribution in [-0.2, 0) is 48.9 Å². The van der Waals surface area contributed by atoms with Crippen LogP contribution in [0.5, 0.6) is 0 Å². The molecule has 0 unspecified atom stereocenters. The third-order valence-corrected chi connectivity index (χ3v) is 11.9. The zero-order valence-corrected chi connectivity index (χ0v) is 26.3. The molecule has 0 aliphatic heterocycles. The third kappa shape index (κ3) is 9.52. The van der Waals surface area contributed by atoms with E-state index in [-0.39, 0.29) is 5.56 Å². The van der Waals surface area contributed by atoms with Crippen molar-refractivity contribution in [3.63, 3.8) is 0 Å². The molecule has 0 fully saturated rings. The fourth-order valence-electron chi connectivity index (χ4n) is 4.39. The summed E-state index contributed by atoms with van der Waals surface area (Å²) in [6, 6.07) is 4.26. The van der Waals surface area contributed by atoms with Gasteiger partial charge in [0.05, 0.1) is 25.3 Å². The number of aryl methyl sites for hydroxylation is 1. The molecule has 0 aromatic heterocycles. The number of ether oxygens (including phenoxy) is 2. The Morgan fingerprint density at radius 2 is 1.00 bits per heavy atom. The Morgan fingerprint density at radius 3 is 1.37 bits per heavy atom. The molecule has 10 nitrogen and oxygen atoms in total. The second-order valence-corrected chi connectivity index (χ2v) is 13.5. The first-order valence-corrected chi connectivity index (χ1v) is 17.3. The van der Waals surface area contributed by atoms with Gasteiger partial charge in [0.2, 0.25) is 0 Å². The van der Waals surface area contributed by atoms with Gasteiger partial charge in [0.15, 0.2) is 0 Å². The molecular formula is C26H46O10Si2. The van der Waals surface area contributed by atoms with Gasteiger partial charge in [-0.3, -0.25) is 0 Å². The number of rotatable bonds is 20. The van der Waals surface area contributed by atoms with Gasteiger partial charge < -0.3 is 36.0 Å². The lowest BCUT2D eigenvalue weighted by Gasteiger charge is -2.29. The van der Waals surface area contributed by atoms with Crippen LogP contribution in [0.1, 0.15) is 73.4 Å². The minimum absolute atomic E-state index is 0.284. The van der Waals surface area contributed by atoms with Crippen LogP contribution < -0.4 is 0 Å². The summed E-state index contributed by atoms with van der Waals surface area (Å²) < 4.78 is 46.2. The maximum Gasteiger partial charge on any atom is 0.501 e. The number of carbonyl (C=O) groups is 2. The monoisotopic (exact) mass is 574 g/mol. The lowest BCUT2D eigenvalue weighted by atomic mass is 9.92. The number of carbonyl (C=O) groups excluding carboxylic acids is 2. The largest absolute Gasteiger partial charge is 0.501 e. The molecule has 0 saturated carbocycles. The van der Waals surface area contributed by atoms with Crippen molar-refractivity contribution in [2.75, 3.05) is 53.9 Å². The Balaban J connectivity index is 3.62. The van der Waals surface area contributed by atoms with E-state index in [1.54, 1.807) is 12.1 Å². The molecule has 1 aromatic carbocycles. The average Bonchev–Trinajstić information content (AvgIpc) is 2.90. The summed E-state index contributed by atoms with van der Waals surface area (Å²) in [5, 5.41) is 0. The van der Waals surface area contributed by atoms with Gasteiger partial charge in [0.1, 0.15) is 0 Å². The molecule has 0 aliphatic carbocycles. The van der Waals surface area contributed by atoms with Crippen molar-refractivity contribution >= 4 is 29.5 Å². The highest BCUT2D eigenvalue weighted by molar-refractivity contribution is 6.61. The molecular weight excluding hydrogens is 528 g/mol. The minimum Gasteiger partial charge on any atom is -0.465 e. The molecule has 0 aliphatic rings. The fourth-order valence-corrected chi connectivity index (χ4v) is 9.53. The Morgan fingerprint density at radius 1 is 0.605 bits per heavy atom. The maximum absolute atomic E-state index is 13.2. The van der Waals surface area contributed by atoms with E-state index in [0.29, 0.717) is 81.3 Å². The van der Waals surface area contributed by atoms with Gasteiger partial charge in [-0.05, 0) is 71.6 Å². The molecule has 0 heterocycles. The minimum atomic E-state index is -3.07. The number of esters is 2. The molecule has 12 heteroatoms. The molecule has 0 saturated heterocycles. The van der Waals surface area contributed by atoms with Crippen molar-refractivity contribution in [2.45, 2.75) is 66.5 Å². The highest BCUT2D eigenvalue weighted by atomic mass is 28.4. The maximum atomic E-state index is 13.2. The molecule has 38 heavy (non-hydrogen) atoms. The zero-order valence-electron chi connectivity index (χ0n) is 24.3. The Labute approximate surface area is 229 Å². The highest BCUT2D eigenvalue weighted by Crippen LogP contribution is 2.29. The first-order chi connectivity index (χ1) is 18.3. The summed E-state index contributed by atoms with van der Waals surface area (Å²) in [5.41, 5.74) is 1.81. The fraction of sp³-hybridized carbons (Fsp3) is 0.692. The van der Waals surface area contributed by atoms with E-state index < -0.39 is 29.5 Å². The summed E-state index contributed by atoms with van der Waals surface area (Å²) >= 11 is 0. The van der Waals surface area contributed by atoms with Gasteiger partial charge in [-0.25, -0.2) is 9.59 Å². The Hall–Kier alpha value is -1.65. The van der Waals surface area contributed by atoms with Crippen LogP contribution in [0, 0.1) is 0 Å². The van der Waals surface area contributed by atoms with E-state index in [1.165, 1.54) is 14.2 Å². The Bertz CT molecular complexity index is 831. The van der Waals surface area contributed by atoms with Crippen LogP contribution in [-0.4, -0.2) is 83.4 Å². The summed E-state index contributed by atoms with van der Waals surface area (Å²) in [4.78, 5) is 26.0. The Kier molecular flexibility index (Phi) is 16.1. The van der Waals surface area contributed by atoms with Crippen LogP contribution >= 0.6 is 0 Å². The van der Waals surface area contributed by atoms with Crippen molar-refractivity contribution in [3.8, 4) is 0 Å². The number of benzene rings is 1. The molecule has 0 bridgehead atoms. The lowest BCUT2D eigenvalue weighted by molar-refractivity contribution is 0.0587. The number of hydrogen-bond donors (Lipinski definition) is 0. The summed E-state index contributed by atoms with van der Waals surface area (Å²) in [6.07, 6.45) is 0.718. The average molecular weight is 575 g/mol. The topological polar surface area (TPSA) is 108 Å². The van der Waals surface area contributed by atoms with Crippen molar-refractivity contribution < 1.29 is 45.6 Å². The summed E-state index contributed by atoms with van der Waals surface area (Å²) in [5.74, 6) is -1.09. The van der Waals surface area contributed by atoms with E-state index in [1.807, 2.05) is 41.5 Å². The van der Waals surface area contributed by atoms with Gasteiger partial charge >= 0.3 is 29.5 Å². The van der Waals surface area contributed by atoms with E-state index in [0.717, 1.165) is 0 Å². The third-order valence-electron chi connectivity index (χ3n) is 5.76. The van der Waals surface area contributed by atoms with E-state index in [9.17, 15) is 9.59 Å². The van der Waals surface area contributed by atoms with Crippen LogP contribution in [0.4, 0.5) is 0 Å². The quantitative estimate of drug-likeness (QED) is 0.164. The van der Waals surface area contributed by atoms with Gasteiger partial charge in [-0.2, -0.15) is 0 Å². The van der Waals surface area contributed by atoms with Crippen LogP contribution in [0.25, 0.3) is 0 Å². The van der Waals surface area contributed by atoms with Gasteiger partial charge in [-0.15, -0.1) is 0 Å². The highest BCUT2D eigenvalue weighted by Gasteiger charge is 2.42. The predicted molar refractivity (Wildman–Crippen MR) is 147 cm³/mol. The molecule has 0 N–H and O–H groups in total. The van der Waals surface area contributed by atoms with Crippen molar-refractivity contribution in [3.05, 3.63) is 34.4 Å². The SMILES string of the molecule is CCO[Si](CCc1ccc(C(=O)OC)c(CC[Si](OCC)(OCC)OCC)c1C(=O)OC)(OCC)OCC. The number of hydrogen-bond acceptors (Lipinski definition) is 10. The molecule has 1 aromatic rings. The lowest BCUT2D eigenvalue weighted by Crippen LogP contribution is -2.46. The molecule has 218 valence electrons. The van der Waals surface area contributed by atoms with Crippen molar-refractivity contribution in [1.82, 2.24) is 0 Å². The second-order valence-electron chi connectivity index (χ2n) is 8.07. The van der Waals surface area contributed by atoms with Crippen LogP contribution in [0.3, 0.4) is 0 Å². The normalized spacial score (nSPS) is 12.0. The second kappa shape index (κ2) is 17.8. The molecule has 0 radical (unpaired) electrons. The molecule has 0 atom stereocenters. The van der Waals surface area contributed by atoms with Gasteiger partial charge in [0.25, 0.3) is 0 Å². The van der Waals surface area contributed by atoms with Gasteiger partial charge in [-0.1, -0.05) is 6.07 Å². The van der Waals surface area contributed by atoms with E-state index >= 15 is 0 Å². The smallest absolute Gasteiger partial charge is 0.465 e. The van der Waals surface area contributed by atoms with Gasteiger partial charge in [0, 0.05) is 51.7 Å². The molecule has 0 amide bonds. The van der Waals surface area contributed by atoms with Crippen LogP contribution in [0.15, 0.2) is 12.1 Å². The van der Waals surface area contributed by atoms with E-state index in [4.69, 9.17) is 36.0 Å². The van der Waals surface area contributed by atoms with Crippen LogP contribution in [0.2, 0.25) is 12.1 Å². The van der Waals surface area contributed by atoms with E-state index in [2.05, 4.69) is 0 Å². The van der Waals surface area contributed by atoms with Crippen molar-refractivity contribution in [2.24, 2.45) is 0 Å². The summed E-state index contributed by atoms with van der Waals surface area (Å²) in [7, 11) is -3.42. The molecule has 0 spiro atoms. The number of methoxy groups -OCH3 is 2. The summed E-state index contributed by atoms with van der Waals surface area (Å²) in [6.45, 7) is 13.9. The standard InChI is InChI=1S/C26H46O10Si2/c1-9-31-37(32-10-2,33-11-3)19-17-21-15-16-23(25(27)29-7)22(24(21)26(28)30-8)18-20-38(34-12-4,35-13-5)36-14-6/h15-16H,9-14,17-20H2,1-8H3.